The lowest BCUT2D eigenvalue weighted by Gasteiger charge is -2.23. The third-order valence-electron chi connectivity index (χ3n) is 5.11. The number of aromatic nitrogens is 3. The number of rotatable bonds is 6. The molecule has 1 saturated heterocycles. The van der Waals surface area contributed by atoms with E-state index in [0.29, 0.717) is 6.04 Å². The highest BCUT2D eigenvalue weighted by molar-refractivity contribution is 8.00. The van der Waals surface area contributed by atoms with E-state index >= 15 is 0 Å². The molecule has 2 aromatic heterocycles. The minimum atomic E-state index is -0.107. The van der Waals surface area contributed by atoms with Crippen LogP contribution in [0, 0.1) is 0 Å². The highest BCUT2D eigenvalue weighted by Gasteiger charge is 2.32. The number of likely N-dealkylation sites (tertiary alicyclic amines) is 1. The standard InChI is InChI=1S/C19H26N4OS2/c1-14(18(24)22-10-4-2-3-5-11-22)26-19-21-20-17(23(19)15-8-9-15)13-16-7-6-12-25-16/h6-7,12,14-15H,2-5,8-11,13H2,1H3/t14-/m1/s1. The molecule has 0 bridgehead atoms. The molecule has 0 radical (unpaired) electrons. The highest BCUT2D eigenvalue weighted by atomic mass is 32.2. The molecule has 1 atom stereocenters. The topological polar surface area (TPSA) is 51.0 Å². The summed E-state index contributed by atoms with van der Waals surface area (Å²) in [4.78, 5) is 16.2. The summed E-state index contributed by atoms with van der Waals surface area (Å²) in [6.45, 7) is 3.83. The van der Waals surface area contributed by atoms with Gasteiger partial charge in [0.05, 0.1) is 5.25 Å². The second-order valence-electron chi connectivity index (χ2n) is 7.26. The number of hydrogen-bond acceptors (Lipinski definition) is 5. The maximum absolute atomic E-state index is 12.9. The van der Waals surface area contributed by atoms with Crippen LogP contribution in [0.15, 0.2) is 22.7 Å². The smallest absolute Gasteiger partial charge is 0.235 e. The Balaban J connectivity index is 1.47. The fourth-order valence-corrected chi connectivity index (χ4v) is 5.26. The third-order valence-corrected chi connectivity index (χ3v) is 7.03. The van der Waals surface area contributed by atoms with Crippen LogP contribution < -0.4 is 0 Å². The van der Waals surface area contributed by atoms with E-state index in [9.17, 15) is 4.79 Å². The summed E-state index contributed by atoms with van der Waals surface area (Å²) in [5.41, 5.74) is 0. The Labute approximate surface area is 163 Å². The predicted molar refractivity (Wildman–Crippen MR) is 106 cm³/mol. The second-order valence-corrected chi connectivity index (χ2v) is 9.60. The van der Waals surface area contributed by atoms with Crippen LogP contribution in [0.4, 0.5) is 0 Å². The Hall–Kier alpha value is -1.34. The fraction of sp³-hybridized carbons (Fsp3) is 0.632. The third kappa shape index (κ3) is 4.14. The molecule has 2 aromatic rings. The van der Waals surface area contributed by atoms with Gasteiger partial charge >= 0.3 is 0 Å². The SMILES string of the molecule is C[C@@H](Sc1nnc(Cc2cccs2)n1C1CC1)C(=O)N1CCCCCC1. The average Bonchev–Trinajstić information content (AvgIpc) is 3.31. The number of thiophene rings is 1. The van der Waals surface area contributed by atoms with Crippen molar-refractivity contribution in [1.29, 1.82) is 0 Å². The number of amides is 1. The summed E-state index contributed by atoms with van der Waals surface area (Å²) in [5, 5.41) is 11.8. The maximum Gasteiger partial charge on any atom is 0.235 e. The molecule has 5 nitrogen and oxygen atoms in total. The molecule has 7 heteroatoms. The Kier molecular flexibility index (Phi) is 5.64. The van der Waals surface area contributed by atoms with E-state index in [0.717, 1.165) is 43.3 Å². The van der Waals surface area contributed by atoms with Gasteiger partial charge in [-0.05, 0) is 44.1 Å². The first-order valence-electron chi connectivity index (χ1n) is 9.64. The predicted octanol–water partition coefficient (Wildman–Crippen LogP) is 4.15. The Morgan fingerprint density at radius 1 is 1.27 bits per heavy atom. The molecule has 1 amide bonds. The van der Waals surface area contributed by atoms with Crippen LogP contribution in [0.5, 0.6) is 0 Å². The van der Waals surface area contributed by atoms with Crippen LogP contribution in [0.2, 0.25) is 0 Å². The molecule has 0 N–H and O–H groups in total. The zero-order valence-electron chi connectivity index (χ0n) is 15.3. The lowest BCUT2D eigenvalue weighted by Crippen LogP contribution is -2.37. The van der Waals surface area contributed by atoms with Crippen molar-refractivity contribution in [1.82, 2.24) is 19.7 Å². The minimum Gasteiger partial charge on any atom is -0.342 e. The van der Waals surface area contributed by atoms with Crippen molar-refractivity contribution in [3.8, 4) is 0 Å². The summed E-state index contributed by atoms with van der Waals surface area (Å²) < 4.78 is 2.29. The van der Waals surface area contributed by atoms with Gasteiger partial charge in [-0.15, -0.1) is 21.5 Å². The molecule has 4 rings (SSSR count). The molecule has 2 aliphatic rings. The zero-order valence-corrected chi connectivity index (χ0v) is 16.9. The van der Waals surface area contributed by atoms with Gasteiger partial charge in [0.2, 0.25) is 5.91 Å². The van der Waals surface area contributed by atoms with Gasteiger partial charge in [0.1, 0.15) is 5.82 Å². The summed E-state index contributed by atoms with van der Waals surface area (Å²) >= 11 is 3.34. The molecule has 2 fully saturated rings. The van der Waals surface area contributed by atoms with Gasteiger partial charge in [-0.1, -0.05) is 30.7 Å². The van der Waals surface area contributed by atoms with Gasteiger partial charge in [-0.3, -0.25) is 4.79 Å². The van der Waals surface area contributed by atoms with E-state index < -0.39 is 0 Å². The number of carbonyl (C=O) groups excluding carboxylic acids is 1. The van der Waals surface area contributed by atoms with Crippen molar-refractivity contribution >= 4 is 29.0 Å². The van der Waals surface area contributed by atoms with Crippen molar-refractivity contribution in [3.05, 3.63) is 28.2 Å². The lowest BCUT2D eigenvalue weighted by atomic mass is 10.2. The fourth-order valence-electron chi connectivity index (χ4n) is 3.53. The monoisotopic (exact) mass is 390 g/mol. The minimum absolute atomic E-state index is 0.107. The van der Waals surface area contributed by atoms with Crippen LogP contribution in [-0.4, -0.2) is 43.9 Å². The summed E-state index contributed by atoms with van der Waals surface area (Å²) in [5.74, 6) is 1.29. The zero-order chi connectivity index (χ0) is 17.9. The van der Waals surface area contributed by atoms with Gasteiger partial charge < -0.3 is 9.47 Å². The molecular weight excluding hydrogens is 364 g/mol. The molecule has 1 aliphatic heterocycles. The van der Waals surface area contributed by atoms with Crippen LogP contribution in [0.25, 0.3) is 0 Å². The van der Waals surface area contributed by atoms with E-state index in [1.807, 2.05) is 6.92 Å². The first-order valence-corrected chi connectivity index (χ1v) is 11.4. The molecule has 0 unspecified atom stereocenters. The van der Waals surface area contributed by atoms with Gasteiger partial charge in [-0.25, -0.2) is 0 Å². The molecule has 0 spiro atoms. The Morgan fingerprint density at radius 2 is 2.04 bits per heavy atom. The van der Waals surface area contributed by atoms with Crippen molar-refractivity contribution in [2.45, 2.75) is 68.3 Å². The van der Waals surface area contributed by atoms with E-state index in [1.54, 1.807) is 23.1 Å². The maximum atomic E-state index is 12.9. The van der Waals surface area contributed by atoms with Crippen LogP contribution in [0.1, 0.15) is 62.2 Å². The van der Waals surface area contributed by atoms with E-state index in [4.69, 9.17) is 0 Å². The largest absolute Gasteiger partial charge is 0.342 e. The van der Waals surface area contributed by atoms with Crippen molar-refractivity contribution < 1.29 is 4.79 Å². The first kappa shape index (κ1) is 18.0. The first-order chi connectivity index (χ1) is 12.7. The molecule has 1 aliphatic carbocycles. The summed E-state index contributed by atoms with van der Waals surface area (Å²) in [6, 6.07) is 4.74. The quantitative estimate of drug-likeness (QED) is 0.695. The van der Waals surface area contributed by atoms with Crippen LogP contribution in [0.3, 0.4) is 0 Å². The normalized spacial score (nSPS) is 19.3. The van der Waals surface area contributed by atoms with E-state index in [-0.39, 0.29) is 11.2 Å². The number of thioether (sulfide) groups is 1. The van der Waals surface area contributed by atoms with Crippen LogP contribution in [-0.2, 0) is 11.2 Å². The van der Waals surface area contributed by atoms with Gasteiger partial charge in [0.15, 0.2) is 5.16 Å². The van der Waals surface area contributed by atoms with Gasteiger partial charge in [0.25, 0.3) is 0 Å². The Bertz CT molecular complexity index is 731. The van der Waals surface area contributed by atoms with E-state index in [1.165, 1.54) is 30.6 Å². The average molecular weight is 391 g/mol. The van der Waals surface area contributed by atoms with E-state index in [2.05, 4.69) is 37.2 Å². The van der Waals surface area contributed by atoms with Crippen LogP contribution >= 0.6 is 23.1 Å². The molecule has 3 heterocycles. The molecule has 26 heavy (non-hydrogen) atoms. The summed E-state index contributed by atoms with van der Waals surface area (Å²) in [6.07, 6.45) is 7.96. The van der Waals surface area contributed by atoms with Gasteiger partial charge in [-0.2, -0.15) is 0 Å². The molecular formula is C19H26N4OS2. The lowest BCUT2D eigenvalue weighted by molar-refractivity contribution is -0.130. The van der Waals surface area contributed by atoms with Gasteiger partial charge in [0, 0.05) is 30.4 Å². The van der Waals surface area contributed by atoms with Crippen molar-refractivity contribution in [2.24, 2.45) is 0 Å². The van der Waals surface area contributed by atoms with Crippen molar-refractivity contribution in [2.75, 3.05) is 13.1 Å². The number of nitrogens with zero attached hydrogens (tertiary/aromatic N) is 4. The second kappa shape index (κ2) is 8.13. The number of hydrogen-bond donors (Lipinski definition) is 0. The Morgan fingerprint density at radius 3 is 2.69 bits per heavy atom. The summed E-state index contributed by atoms with van der Waals surface area (Å²) in [7, 11) is 0. The van der Waals surface area contributed by atoms with Crippen molar-refractivity contribution in [3.63, 3.8) is 0 Å². The number of carbonyl (C=O) groups is 1. The molecule has 1 saturated carbocycles. The molecule has 0 aromatic carbocycles. The highest BCUT2D eigenvalue weighted by Crippen LogP contribution is 2.40. The molecule has 140 valence electrons.